The highest BCUT2D eigenvalue weighted by Gasteiger charge is 2.27. The number of fused-ring (bicyclic) bond motifs is 1. The highest BCUT2D eigenvalue weighted by molar-refractivity contribution is 5.98. The lowest BCUT2D eigenvalue weighted by Gasteiger charge is -2.32. The van der Waals surface area contributed by atoms with Gasteiger partial charge in [-0.15, -0.1) is 0 Å². The number of rotatable bonds is 5. The van der Waals surface area contributed by atoms with E-state index in [1.165, 1.54) is 11.1 Å². The predicted octanol–water partition coefficient (Wildman–Crippen LogP) is 4.68. The van der Waals surface area contributed by atoms with Crippen molar-refractivity contribution in [2.75, 3.05) is 26.3 Å². The van der Waals surface area contributed by atoms with Crippen LogP contribution in [0.4, 0.5) is 0 Å². The van der Waals surface area contributed by atoms with Gasteiger partial charge in [-0.2, -0.15) is 0 Å². The third kappa shape index (κ3) is 4.38. The molecule has 31 heavy (non-hydrogen) atoms. The molecule has 2 aromatic rings. The summed E-state index contributed by atoms with van der Waals surface area (Å²) in [6.07, 6.45) is 1.69. The molecule has 0 unspecified atom stereocenters. The molecule has 1 fully saturated rings. The zero-order valence-electron chi connectivity index (χ0n) is 18.9. The summed E-state index contributed by atoms with van der Waals surface area (Å²) in [4.78, 5) is 27.6. The third-order valence-corrected chi connectivity index (χ3v) is 6.65. The van der Waals surface area contributed by atoms with Gasteiger partial charge in [0, 0.05) is 23.6 Å². The molecule has 5 heteroatoms. The minimum absolute atomic E-state index is 0.0341. The van der Waals surface area contributed by atoms with E-state index in [2.05, 4.69) is 24.8 Å². The molecule has 0 N–H and O–H groups in total. The predicted molar refractivity (Wildman–Crippen MR) is 120 cm³/mol. The standard InChI is InChI=1S/C26H31NO4/c1-16-13-17(2)25(19(4)28)18(3)22(16)15-27-9-7-20(8-10-27)26(29)21-5-6-23-24(14-21)31-12-11-30-23/h5-6,13-14,20H,7-12,15H2,1-4H3. The van der Waals surface area contributed by atoms with Crippen molar-refractivity contribution in [3.63, 3.8) is 0 Å². The van der Waals surface area contributed by atoms with Crippen LogP contribution in [0.3, 0.4) is 0 Å². The number of hydrogen-bond donors (Lipinski definition) is 0. The molecule has 0 amide bonds. The van der Waals surface area contributed by atoms with E-state index in [1.54, 1.807) is 6.92 Å². The second kappa shape index (κ2) is 8.83. The smallest absolute Gasteiger partial charge is 0.166 e. The number of nitrogens with zero attached hydrogens (tertiary/aromatic N) is 1. The minimum atomic E-state index is 0.0341. The van der Waals surface area contributed by atoms with Gasteiger partial charge in [-0.05, 0) is 94.1 Å². The molecule has 0 aliphatic carbocycles. The summed E-state index contributed by atoms with van der Waals surface area (Å²) < 4.78 is 11.2. The lowest BCUT2D eigenvalue weighted by atomic mass is 9.87. The van der Waals surface area contributed by atoms with Gasteiger partial charge in [0.25, 0.3) is 0 Å². The van der Waals surface area contributed by atoms with Crippen molar-refractivity contribution in [3.05, 3.63) is 57.6 Å². The Kier molecular flexibility index (Phi) is 6.15. The summed E-state index contributed by atoms with van der Waals surface area (Å²) >= 11 is 0. The maximum Gasteiger partial charge on any atom is 0.166 e. The van der Waals surface area contributed by atoms with Gasteiger partial charge < -0.3 is 9.47 Å². The highest BCUT2D eigenvalue weighted by atomic mass is 16.6. The number of Topliss-reactive ketones (excluding diaryl/α,β-unsaturated/α-hetero) is 2. The fourth-order valence-electron chi connectivity index (χ4n) is 5.02. The van der Waals surface area contributed by atoms with Crippen molar-refractivity contribution < 1.29 is 19.1 Å². The average molecular weight is 422 g/mol. The Morgan fingerprint density at radius 1 is 0.968 bits per heavy atom. The normalized spacial score (nSPS) is 16.9. The van der Waals surface area contributed by atoms with Crippen molar-refractivity contribution in [3.8, 4) is 11.5 Å². The average Bonchev–Trinajstić information content (AvgIpc) is 2.76. The van der Waals surface area contributed by atoms with E-state index in [4.69, 9.17) is 9.47 Å². The molecule has 1 saturated heterocycles. The molecule has 4 rings (SSSR count). The Labute approximate surface area is 184 Å². The van der Waals surface area contributed by atoms with Crippen LogP contribution in [0, 0.1) is 26.7 Å². The first-order chi connectivity index (χ1) is 14.8. The quantitative estimate of drug-likeness (QED) is 0.656. The van der Waals surface area contributed by atoms with Crippen LogP contribution in [-0.4, -0.2) is 42.8 Å². The molecule has 0 atom stereocenters. The molecule has 0 saturated carbocycles. The second-order valence-corrected chi connectivity index (χ2v) is 8.82. The Bertz CT molecular complexity index is 1020. The van der Waals surface area contributed by atoms with E-state index in [0.29, 0.717) is 30.3 Å². The first-order valence-corrected chi connectivity index (χ1v) is 11.1. The number of aryl methyl sites for hydroxylation is 2. The van der Waals surface area contributed by atoms with Crippen LogP contribution < -0.4 is 9.47 Å². The number of ketones is 2. The first kappa shape index (κ1) is 21.6. The number of piperidine rings is 1. The van der Waals surface area contributed by atoms with Crippen LogP contribution in [0.1, 0.15) is 62.7 Å². The van der Waals surface area contributed by atoms with Gasteiger partial charge in [0.05, 0.1) is 0 Å². The molecular weight excluding hydrogens is 390 g/mol. The molecule has 2 aliphatic rings. The van der Waals surface area contributed by atoms with Crippen LogP contribution in [0.25, 0.3) is 0 Å². The van der Waals surface area contributed by atoms with Crippen molar-refractivity contribution in [1.82, 2.24) is 4.90 Å². The molecule has 2 heterocycles. The molecule has 164 valence electrons. The summed E-state index contributed by atoms with van der Waals surface area (Å²) in [7, 11) is 0. The van der Waals surface area contributed by atoms with Crippen LogP contribution >= 0.6 is 0 Å². The van der Waals surface area contributed by atoms with Gasteiger partial charge in [-0.1, -0.05) is 6.07 Å². The minimum Gasteiger partial charge on any atom is -0.486 e. The van der Waals surface area contributed by atoms with E-state index in [9.17, 15) is 9.59 Å². The zero-order valence-corrected chi connectivity index (χ0v) is 18.9. The summed E-state index contributed by atoms with van der Waals surface area (Å²) in [5, 5.41) is 0. The fourth-order valence-corrected chi connectivity index (χ4v) is 5.02. The Hall–Kier alpha value is -2.66. The molecule has 0 radical (unpaired) electrons. The summed E-state index contributed by atoms with van der Waals surface area (Å²) in [5.74, 6) is 1.73. The fraction of sp³-hybridized carbons (Fsp3) is 0.462. The van der Waals surface area contributed by atoms with Crippen molar-refractivity contribution in [2.45, 2.75) is 47.1 Å². The molecule has 5 nitrogen and oxygen atoms in total. The van der Waals surface area contributed by atoms with Gasteiger partial charge >= 0.3 is 0 Å². The van der Waals surface area contributed by atoms with E-state index in [1.807, 2.05) is 25.1 Å². The van der Waals surface area contributed by atoms with Crippen molar-refractivity contribution >= 4 is 11.6 Å². The summed E-state index contributed by atoms with van der Waals surface area (Å²) in [5.41, 5.74) is 6.18. The van der Waals surface area contributed by atoms with Crippen LogP contribution in [0.5, 0.6) is 11.5 Å². The van der Waals surface area contributed by atoms with Crippen LogP contribution in [0.15, 0.2) is 24.3 Å². The largest absolute Gasteiger partial charge is 0.486 e. The van der Waals surface area contributed by atoms with Crippen molar-refractivity contribution in [1.29, 1.82) is 0 Å². The SMILES string of the molecule is CC(=O)c1c(C)cc(C)c(CN2CCC(C(=O)c3ccc4c(c3)OCCO4)CC2)c1C. The number of carbonyl (C=O) groups excluding carboxylic acids is 2. The van der Waals surface area contributed by atoms with Gasteiger partial charge in [0.2, 0.25) is 0 Å². The zero-order chi connectivity index (χ0) is 22.1. The molecule has 0 bridgehead atoms. The van der Waals surface area contributed by atoms with E-state index in [-0.39, 0.29) is 17.5 Å². The Morgan fingerprint density at radius 2 is 1.65 bits per heavy atom. The summed E-state index contributed by atoms with van der Waals surface area (Å²) in [6, 6.07) is 7.64. The van der Waals surface area contributed by atoms with Crippen LogP contribution in [-0.2, 0) is 6.54 Å². The maximum atomic E-state index is 13.1. The molecule has 2 aromatic carbocycles. The number of ether oxygens (including phenoxy) is 2. The Balaban J connectivity index is 1.42. The van der Waals surface area contributed by atoms with E-state index >= 15 is 0 Å². The van der Waals surface area contributed by atoms with E-state index < -0.39 is 0 Å². The van der Waals surface area contributed by atoms with Gasteiger partial charge in [-0.3, -0.25) is 14.5 Å². The first-order valence-electron chi connectivity index (χ1n) is 11.1. The lowest BCUT2D eigenvalue weighted by Crippen LogP contribution is -2.36. The molecular formula is C26H31NO4. The Morgan fingerprint density at radius 3 is 2.32 bits per heavy atom. The topological polar surface area (TPSA) is 55.8 Å². The second-order valence-electron chi connectivity index (χ2n) is 8.82. The third-order valence-electron chi connectivity index (χ3n) is 6.65. The van der Waals surface area contributed by atoms with Gasteiger partial charge in [0.1, 0.15) is 13.2 Å². The number of likely N-dealkylation sites (tertiary alicyclic amines) is 1. The number of carbonyl (C=O) groups is 2. The maximum absolute atomic E-state index is 13.1. The van der Waals surface area contributed by atoms with Crippen molar-refractivity contribution in [2.24, 2.45) is 5.92 Å². The lowest BCUT2D eigenvalue weighted by molar-refractivity contribution is 0.0832. The monoisotopic (exact) mass is 421 g/mol. The molecule has 0 spiro atoms. The molecule has 0 aromatic heterocycles. The van der Waals surface area contributed by atoms with Gasteiger partial charge in [-0.25, -0.2) is 0 Å². The highest BCUT2D eigenvalue weighted by Crippen LogP contribution is 2.33. The van der Waals surface area contributed by atoms with E-state index in [0.717, 1.165) is 49.2 Å². The van der Waals surface area contributed by atoms with Gasteiger partial charge in [0.15, 0.2) is 23.1 Å². The summed E-state index contributed by atoms with van der Waals surface area (Å²) in [6.45, 7) is 11.5. The molecule has 2 aliphatic heterocycles. The number of hydrogen-bond acceptors (Lipinski definition) is 5. The van der Waals surface area contributed by atoms with Crippen LogP contribution in [0.2, 0.25) is 0 Å². The number of benzene rings is 2.